The topological polar surface area (TPSA) is 22.0 Å². The van der Waals surface area contributed by atoms with Crippen LogP contribution in [0.15, 0.2) is 51.7 Å². The Balaban J connectivity index is 2.36. The molecule has 0 amide bonds. The lowest BCUT2D eigenvalue weighted by molar-refractivity contribution is 1.11. The van der Waals surface area contributed by atoms with Crippen LogP contribution in [0.25, 0.3) is 15.8 Å². The summed E-state index contributed by atoms with van der Waals surface area (Å²) in [5.74, 6) is 0. The second-order valence-electron chi connectivity index (χ2n) is 4.07. The van der Waals surface area contributed by atoms with Gasteiger partial charge in [-0.05, 0) is 36.8 Å². The van der Waals surface area contributed by atoms with E-state index in [0.29, 0.717) is 0 Å². The molecule has 0 fully saturated rings. The van der Waals surface area contributed by atoms with Gasteiger partial charge in [0.1, 0.15) is 0 Å². The van der Waals surface area contributed by atoms with E-state index in [1.54, 1.807) is 3.96 Å². The average molecular weight is 320 g/mol. The third kappa shape index (κ3) is 1.72. The van der Waals surface area contributed by atoms with Crippen molar-refractivity contribution in [2.24, 2.45) is 0 Å². The van der Waals surface area contributed by atoms with Crippen molar-refractivity contribution in [3.63, 3.8) is 0 Å². The van der Waals surface area contributed by atoms with E-state index in [0.717, 1.165) is 25.8 Å². The van der Waals surface area contributed by atoms with Crippen molar-refractivity contribution in [3.05, 3.63) is 62.9 Å². The molecule has 90 valence electrons. The summed E-state index contributed by atoms with van der Waals surface area (Å²) in [4.78, 5) is 12.4. The molecule has 0 aliphatic rings. The molecule has 2 nitrogen and oxygen atoms in total. The van der Waals surface area contributed by atoms with Crippen molar-refractivity contribution < 1.29 is 0 Å². The minimum atomic E-state index is 0.0526. The summed E-state index contributed by atoms with van der Waals surface area (Å²) < 4.78 is 3.79. The lowest BCUT2D eigenvalue weighted by Gasteiger charge is -2.06. The van der Waals surface area contributed by atoms with Crippen LogP contribution < -0.4 is 5.56 Å². The molecule has 2 aromatic carbocycles. The average Bonchev–Trinajstić information content (AvgIpc) is 2.71. The maximum atomic E-state index is 12.4. The first kappa shape index (κ1) is 11.7. The molecular formula is C14H10BrNOS. The summed E-state index contributed by atoms with van der Waals surface area (Å²) in [6.07, 6.45) is 0. The van der Waals surface area contributed by atoms with Crippen LogP contribution in [0, 0.1) is 6.92 Å². The van der Waals surface area contributed by atoms with Gasteiger partial charge in [0, 0.05) is 4.47 Å². The van der Waals surface area contributed by atoms with Crippen LogP contribution in [0.2, 0.25) is 0 Å². The smallest absolute Gasteiger partial charge is 0.267 e. The van der Waals surface area contributed by atoms with Gasteiger partial charge in [-0.3, -0.25) is 4.79 Å². The zero-order chi connectivity index (χ0) is 12.7. The van der Waals surface area contributed by atoms with Gasteiger partial charge in [0.15, 0.2) is 0 Å². The highest BCUT2D eigenvalue weighted by molar-refractivity contribution is 9.10. The van der Waals surface area contributed by atoms with Crippen molar-refractivity contribution in [2.75, 3.05) is 0 Å². The number of fused-ring (bicyclic) bond motifs is 1. The summed E-state index contributed by atoms with van der Waals surface area (Å²) in [5.41, 5.74) is 2.07. The van der Waals surface area contributed by atoms with Crippen LogP contribution in [0.1, 0.15) is 5.56 Å². The second kappa shape index (κ2) is 4.37. The second-order valence-corrected chi connectivity index (χ2v) is 5.91. The molecule has 1 heterocycles. The molecule has 0 atom stereocenters. The number of nitrogens with zero attached hydrogens (tertiary/aromatic N) is 1. The van der Waals surface area contributed by atoms with Crippen LogP contribution in [0.5, 0.6) is 0 Å². The molecular weight excluding hydrogens is 310 g/mol. The molecule has 0 radical (unpaired) electrons. The highest BCUT2D eigenvalue weighted by Gasteiger charge is 2.11. The van der Waals surface area contributed by atoms with E-state index in [9.17, 15) is 4.79 Å². The van der Waals surface area contributed by atoms with Gasteiger partial charge in [0.2, 0.25) is 0 Å². The molecule has 3 rings (SSSR count). The number of benzene rings is 2. The molecule has 0 aliphatic heterocycles. The monoisotopic (exact) mass is 319 g/mol. The van der Waals surface area contributed by atoms with E-state index in [4.69, 9.17) is 0 Å². The molecule has 0 saturated heterocycles. The Bertz CT molecular complexity index is 788. The van der Waals surface area contributed by atoms with Gasteiger partial charge in [0.25, 0.3) is 5.56 Å². The molecule has 4 heteroatoms. The largest absolute Gasteiger partial charge is 0.273 e. The first-order valence-corrected chi connectivity index (χ1v) is 7.11. The van der Waals surface area contributed by atoms with Gasteiger partial charge in [-0.2, -0.15) is 0 Å². The molecule has 0 unspecified atom stereocenters. The Morgan fingerprint density at radius 2 is 1.89 bits per heavy atom. The van der Waals surface area contributed by atoms with Crippen LogP contribution >= 0.6 is 27.5 Å². The van der Waals surface area contributed by atoms with Crippen LogP contribution in [0.3, 0.4) is 0 Å². The van der Waals surface area contributed by atoms with E-state index >= 15 is 0 Å². The predicted molar refractivity (Wildman–Crippen MR) is 79.9 cm³/mol. The van der Waals surface area contributed by atoms with Gasteiger partial charge in [-0.15, -0.1) is 0 Å². The molecule has 18 heavy (non-hydrogen) atoms. The molecule has 1 aromatic heterocycles. The van der Waals surface area contributed by atoms with Crippen LogP contribution in [-0.4, -0.2) is 3.96 Å². The maximum Gasteiger partial charge on any atom is 0.273 e. The highest BCUT2D eigenvalue weighted by atomic mass is 79.9. The van der Waals surface area contributed by atoms with E-state index < -0.39 is 0 Å². The Morgan fingerprint density at radius 3 is 2.67 bits per heavy atom. The van der Waals surface area contributed by atoms with Crippen molar-refractivity contribution in [1.29, 1.82) is 0 Å². The summed E-state index contributed by atoms with van der Waals surface area (Å²) in [6.45, 7) is 2.01. The van der Waals surface area contributed by atoms with Crippen molar-refractivity contribution in [2.45, 2.75) is 6.92 Å². The lowest BCUT2D eigenvalue weighted by Crippen LogP contribution is -2.11. The van der Waals surface area contributed by atoms with E-state index in [-0.39, 0.29) is 5.56 Å². The number of aromatic nitrogens is 1. The van der Waals surface area contributed by atoms with Crippen LogP contribution in [-0.2, 0) is 0 Å². The standard InChI is InChI=1S/C14H10BrNOS/c1-9-11(15)6-4-7-12(9)16-14(17)10-5-2-3-8-13(10)18-16/h2-8H,1H3. The van der Waals surface area contributed by atoms with Crippen molar-refractivity contribution in [3.8, 4) is 5.69 Å². The lowest BCUT2D eigenvalue weighted by atomic mass is 10.2. The fourth-order valence-corrected chi connectivity index (χ4v) is 3.37. The van der Waals surface area contributed by atoms with Gasteiger partial charge in [-0.1, -0.05) is 45.7 Å². The molecule has 0 N–H and O–H groups in total. The summed E-state index contributed by atoms with van der Waals surface area (Å²) >= 11 is 4.98. The third-order valence-corrected chi connectivity index (χ3v) is 4.91. The zero-order valence-corrected chi connectivity index (χ0v) is 12.1. The summed E-state index contributed by atoms with van der Waals surface area (Å²) in [6, 6.07) is 13.6. The molecule has 0 aliphatic carbocycles. The Labute approximate surface area is 117 Å². The first-order chi connectivity index (χ1) is 8.68. The third-order valence-electron chi connectivity index (χ3n) is 2.95. The fraction of sp³-hybridized carbons (Fsp3) is 0.0714. The van der Waals surface area contributed by atoms with Gasteiger partial charge < -0.3 is 0 Å². The quantitative estimate of drug-likeness (QED) is 0.661. The van der Waals surface area contributed by atoms with Crippen molar-refractivity contribution >= 4 is 37.5 Å². The minimum absolute atomic E-state index is 0.0526. The molecule has 3 aromatic rings. The van der Waals surface area contributed by atoms with E-state index in [1.807, 2.05) is 49.4 Å². The number of rotatable bonds is 1. The van der Waals surface area contributed by atoms with Crippen LogP contribution in [0.4, 0.5) is 0 Å². The highest BCUT2D eigenvalue weighted by Crippen LogP contribution is 2.25. The normalized spacial score (nSPS) is 11.0. The summed E-state index contributed by atoms with van der Waals surface area (Å²) in [7, 11) is 0. The Kier molecular flexibility index (Phi) is 2.84. The van der Waals surface area contributed by atoms with E-state index in [1.165, 1.54) is 11.5 Å². The Hall–Kier alpha value is -1.39. The summed E-state index contributed by atoms with van der Waals surface area (Å²) in [5, 5.41) is 0.780. The first-order valence-electron chi connectivity index (χ1n) is 5.55. The van der Waals surface area contributed by atoms with Gasteiger partial charge in [-0.25, -0.2) is 3.96 Å². The fourth-order valence-electron chi connectivity index (χ4n) is 1.95. The Morgan fingerprint density at radius 1 is 1.11 bits per heavy atom. The number of hydrogen-bond acceptors (Lipinski definition) is 2. The maximum absolute atomic E-state index is 12.4. The van der Waals surface area contributed by atoms with E-state index in [2.05, 4.69) is 15.9 Å². The van der Waals surface area contributed by atoms with Gasteiger partial charge >= 0.3 is 0 Å². The zero-order valence-electron chi connectivity index (χ0n) is 9.68. The predicted octanol–water partition coefficient (Wildman–Crippen LogP) is 4.12. The van der Waals surface area contributed by atoms with Crippen molar-refractivity contribution in [1.82, 2.24) is 3.96 Å². The van der Waals surface area contributed by atoms with Gasteiger partial charge in [0.05, 0.1) is 15.8 Å². The SMILES string of the molecule is Cc1c(Br)cccc1-n1sc2ccccc2c1=O. The number of hydrogen-bond donors (Lipinski definition) is 0. The number of halogens is 1. The minimum Gasteiger partial charge on any atom is -0.267 e. The molecule has 0 saturated carbocycles. The molecule has 0 spiro atoms. The molecule has 0 bridgehead atoms.